The van der Waals surface area contributed by atoms with Crippen LogP contribution >= 0.6 is 11.8 Å². The molecule has 0 radical (unpaired) electrons. The number of hydrogen-bond donors (Lipinski definition) is 1. The minimum absolute atomic E-state index is 0.129. The summed E-state index contributed by atoms with van der Waals surface area (Å²) < 4.78 is 5.27. The molecule has 2 N–H and O–H groups in total. The first kappa shape index (κ1) is 15.3. The van der Waals surface area contributed by atoms with Gasteiger partial charge < -0.3 is 15.4 Å². The second-order valence-electron chi connectivity index (χ2n) is 4.73. The Morgan fingerprint density at radius 1 is 1.39 bits per heavy atom. The van der Waals surface area contributed by atoms with Crippen LogP contribution in [0.2, 0.25) is 0 Å². The van der Waals surface area contributed by atoms with Crippen molar-refractivity contribution in [2.24, 2.45) is 5.73 Å². The van der Waals surface area contributed by atoms with Gasteiger partial charge in [0.2, 0.25) is 0 Å². The van der Waals surface area contributed by atoms with Crippen molar-refractivity contribution in [3.63, 3.8) is 0 Å². The van der Waals surface area contributed by atoms with Crippen molar-refractivity contribution in [1.29, 1.82) is 0 Å². The number of methoxy groups -OCH3 is 1. The number of rotatable bonds is 7. The fraction of sp³-hybridized carbons (Fsp3) is 0.571. The molecular weight excluding hydrogens is 244 g/mol. The Hall–Kier alpha value is -0.710. The number of benzene rings is 1. The van der Waals surface area contributed by atoms with E-state index in [0.29, 0.717) is 5.25 Å². The molecule has 0 heterocycles. The molecule has 0 saturated heterocycles. The molecular formula is C14H24N2OS. The summed E-state index contributed by atoms with van der Waals surface area (Å²) in [5.74, 6) is 1.97. The molecule has 0 fully saturated rings. The Labute approximate surface area is 115 Å². The Morgan fingerprint density at radius 3 is 2.67 bits per heavy atom. The van der Waals surface area contributed by atoms with Crippen molar-refractivity contribution in [2.45, 2.75) is 18.2 Å². The molecule has 18 heavy (non-hydrogen) atoms. The monoisotopic (exact) mass is 268 g/mol. The molecule has 0 spiro atoms. The molecule has 0 bridgehead atoms. The Morgan fingerprint density at radius 2 is 2.11 bits per heavy atom. The number of ether oxygens (including phenoxy) is 1. The van der Waals surface area contributed by atoms with Crippen LogP contribution in [0, 0.1) is 0 Å². The van der Waals surface area contributed by atoms with E-state index in [9.17, 15) is 0 Å². The lowest BCUT2D eigenvalue weighted by Crippen LogP contribution is -2.24. The maximum absolute atomic E-state index is 6.10. The largest absolute Gasteiger partial charge is 0.497 e. The highest BCUT2D eigenvalue weighted by atomic mass is 32.2. The van der Waals surface area contributed by atoms with Crippen molar-refractivity contribution < 1.29 is 4.74 Å². The van der Waals surface area contributed by atoms with Crippen molar-refractivity contribution in [2.75, 3.05) is 33.5 Å². The lowest BCUT2D eigenvalue weighted by Gasteiger charge is -2.22. The van der Waals surface area contributed by atoms with Crippen LogP contribution in [0.3, 0.4) is 0 Å². The predicted molar refractivity (Wildman–Crippen MR) is 80.4 cm³/mol. The molecule has 0 aliphatic carbocycles. The molecule has 2 atom stereocenters. The van der Waals surface area contributed by atoms with Crippen molar-refractivity contribution >= 4 is 11.8 Å². The zero-order chi connectivity index (χ0) is 13.5. The van der Waals surface area contributed by atoms with Crippen molar-refractivity contribution in [3.8, 4) is 5.75 Å². The first-order valence-corrected chi connectivity index (χ1v) is 7.25. The van der Waals surface area contributed by atoms with Crippen LogP contribution in [0.4, 0.5) is 0 Å². The minimum atomic E-state index is 0.129. The maximum Gasteiger partial charge on any atom is 0.119 e. The SMILES string of the molecule is COc1cccc(C(SCCN(C)C)C(C)N)c1. The van der Waals surface area contributed by atoms with Gasteiger partial charge in [0, 0.05) is 23.6 Å². The van der Waals surface area contributed by atoms with Crippen LogP contribution in [-0.2, 0) is 0 Å². The van der Waals surface area contributed by atoms with Gasteiger partial charge in [-0.3, -0.25) is 0 Å². The third-order valence-corrected chi connectivity index (χ3v) is 4.21. The fourth-order valence-corrected chi connectivity index (χ4v) is 3.10. The summed E-state index contributed by atoms with van der Waals surface area (Å²) in [6.07, 6.45) is 0. The Bertz CT molecular complexity index is 355. The third kappa shape index (κ3) is 4.88. The van der Waals surface area contributed by atoms with Gasteiger partial charge in [-0.25, -0.2) is 0 Å². The average Bonchev–Trinajstić information content (AvgIpc) is 2.34. The van der Waals surface area contributed by atoms with Gasteiger partial charge in [0.25, 0.3) is 0 Å². The van der Waals surface area contributed by atoms with E-state index in [4.69, 9.17) is 10.5 Å². The summed E-state index contributed by atoms with van der Waals surface area (Å²) in [7, 11) is 5.87. The second-order valence-corrected chi connectivity index (χ2v) is 5.98. The molecule has 0 amide bonds. The number of thioether (sulfide) groups is 1. The van der Waals surface area contributed by atoms with Crippen LogP contribution in [0.15, 0.2) is 24.3 Å². The molecule has 0 aliphatic heterocycles. The highest BCUT2D eigenvalue weighted by Gasteiger charge is 2.17. The second kappa shape index (κ2) is 7.67. The molecule has 2 unspecified atom stereocenters. The summed E-state index contributed by atoms with van der Waals surface area (Å²) >= 11 is 1.91. The van der Waals surface area contributed by atoms with Crippen molar-refractivity contribution in [1.82, 2.24) is 4.90 Å². The molecule has 0 aliphatic rings. The van der Waals surface area contributed by atoms with E-state index in [1.54, 1.807) is 7.11 Å². The van der Waals surface area contributed by atoms with E-state index in [-0.39, 0.29) is 6.04 Å². The van der Waals surface area contributed by atoms with Crippen LogP contribution in [-0.4, -0.2) is 44.4 Å². The number of hydrogen-bond acceptors (Lipinski definition) is 4. The average molecular weight is 268 g/mol. The Balaban J connectivity index is 2.71. The maximum atomic E-state index is 6.10. The third-order valence-electron chi connectivity index (χ3n) is 2.74. The van der Waals surface area contributed by atoms with E-state index < -0.39 is 0 Å². The van der Waals surface area contributed by atoms with Gasteiger partial charge in [0.05, 0.1) is 7.11 Å². The van der Waals surface area contributed by atoms with Gasteiger partial charge in [-0.2, -0.15) is 11.8 Å². The highest BCUT2D eigenvalue weighted by molar-refractivity contribution is 7.99. The van der Waals surface area contributed by atoms with Gasteiger partial charge in [-0.1, -0.05) is 12.1 Å². The molecule has 0 aromatic heterocycles. The van der Waals surface area contributed by atoms with E-state index in [1.165, 1.54) is 5.56 Å². The van der Waals surface area contributed by atoms with Gasteiger partial charge in [0.1, 0.15) is 5.75 Å². The van der Waals surface area contributed by atoms with Crippen LogP contribution < -0.4 is 10.5 Å². The van der Waals surface area contributed by atoms with Gasteiger partial charge in [-0.15, -0.1) is 0 Å². The molecule has 1 rings (SSSR count). The summed E-state index contributed by atoms with van der Waals surface area (Å²) in [4.78, 5) is 2.19. The van der Waals surface area contributed by atoms with Crippen molar-refractivity contribution in [3.05, 3.63) is 29.8 Å². The summed E-state index contributed by atoms with van der Waals surface area (Å²) in [5, 5.41) is 0.319. The summed E-state index contributed by atoms with van der Waals surface area (Å²) in [5.41, 5.74) is 7.35. The number of nitrogens with two attached hydrogens (primary N) is 1. The quantitative estimate of drug-likeness (QED) is 0.824. The minimum Gasteiger partial charge on any atom is -0.497 e. The highest BCUT2D eigenvalue weighted by Crippen LogP contribution is 2.32. The van der Waals surface area contributed by atoms with Gasteiger partial charge in [0.15, 0.2) is 0 Å². The lowest BCUT2D eigenvalue weighted by atomic mass is 10.1. The van der Waals surface area contributed by atoms with E-state index in [0.717, 1.165) is 18.0 Å². The molecule has 1 aromatic rings. The van der Waals surface area contributed by atoms with E-state index >= 15 is 0 Å². The van der Waals surface area contributed by atoms with Crippen LogP contribution in [0.5, 0.6) is 5.75 Å². The molecule has 1 aromatic carbocycles. The topological polar surface area (TPSA) is 38.5 Å². The van der Waals surface area contributed by atoms with Crippen LogP contribution in [0.25, 0.3) is 0 Å². The Kier molecular flexibility index (Phi) is 6.54. The zero-order valence-electron chi connectivity index (χ0n) is 11.7. The van der Waals surface area contributed by atoms with Gasteiger partial charge in [-0.05, 0) is 38.7 Å². The molecule has 0 saturated carbocycles. The standard InChI is InChI=1S/C14H24N2OS/c1-11(15)14(18-9-8-16(2)3)12-6-5-7-13(10-12)17-4/h5-7,10-11,14H,8-9,15H2,1-4H3. The molecule has 3 nitrogen and oxygen atoms in total. The predicted octanol–water partition coefficient (Wildman–Crippen LogP) is 2.38. The summed E-state index contributed by atoms with van der Waals surface area (Å²) in [6, 6.07) is 8.32. The zero-order valence-corrected chi connectivity index (χ0v) is 12.5. The van der Waals surface area contributed by atoms with E-state index in [2.05, 4.69) is 38.1 Å². The normalized spacial score (nSPS) is 14.6. The summed E-state index contributed by atoms with van der Waals surface area (Å²) in [6.45, 7) is 3.13. The lowest BCUT2D eigenvalue weighted by molar-refractivity contribution is 0.414. The smallest absolute Gasteiger partial charge is 0.119 e. The first-order chi connectivity index (χ1) is 8.54. The van der Waals surface area contributed by atoms with E-state index in [1.807, 2.05) is 23.9 Å². The first-order valence-electron chi connectivity index (χ1n) is 6.20. The molecule has 4 heteroatoms. The number of nitrogens with zero attached hydrogens (tertiary/aromatic N) is 1. The molecule has 102 valence electrons. The van der Waals surface area contributed by atoms with Crippen LogP contribution in [0.1, 0.15) is 17.7 Å². The van der Waals surface area contributed by atoms with Gasteiger partial charge >= 0.3 is 0 Å². The fourth-order valence-electron chi connectivity index (χ4n) is 1.73.